The molecule has 2 aromatic carbocycles. The highest BCUT2D eigenvalue weighted by molar-refractivity contribution is 5.48. The van der Waals surface area contributed by atoms with Gasteiger partial charge in [-0.25, -0.2) is 0 Å². The van der Waals surface area contributed by atoms with Crippen molar-refractivity contribution in [1.82, 2.24) is 5.32 Å². The smallest absolute Gasteiger partial charge is 0.231 e. The zero-order valence-corrected chi connectivity index (χ0v) is 13.8. The van der Waals surface area contributed by atoms with Crippen molar-refractivity contribution in [2.24, 2.45) is 0 Å². The summed E-state index contributed by atoms with van der Waals surface area (Å²) in [7, 11) is 0. The van der Waals surface area contributed by atoms with Crippen molar-refractivity contribution in [2.45, 2.75) is 44.7 Å². The molecule has 0 radical (unpaired) electrons. The van der Waals surface area contributed by atoms with Crippen LogP contribution in [0.25, 0.3) is 0 Å². The molecule has 0 aromatic heterocycles. The lowest BCUT2D eigenvalue weighted by Gasteiger charge is -2.37. The number of fused-ring (bicyclic) bond motifs is 2. The van der Waals surface area contributed by atoms with Gasteiger partial charge in [-0.05, 0) is 35.4 Å². The van der Waals surface area contributed by atoms with Crippen LogP contribution >= 0.6 is 0 Å². The largest absolute Gasteiger partial charge is 0.454 e. The van der Waals surface area contributed by atoms with Gasteiger partial charge < -0.3 is 14.8 Å². The third-order valence-corrected chi connectivity index (χ3v) is 5.14. The Bertz CT molecular complexity index is 723. The average Bonchev–Trinajstić information content (AvgIpc) is 3.04. The van der Waals surface area contributed by atoms with E-state index in [0.29, 0.717) is 12.8 Å². The number of hydrogen-bond donors (Lipinski definition) is 1. The van der Waals surface area contributed by atoms with Gasteiger partial charge in [-0.1, -0.05) is 50.2 Å². The first-order valence-corrected chi connectivity index (χ1v) is 8.35. The quantitative estimate of drug-likeness (QED) is 0.916. The van der Waals surface area contributed by atoms with Crippen LogP contribution in [0.4, 0.5) is 0 Å². The SMILES string of the molecule is CC1(C)CC[C@@H](NCc2cccc3c2OCO3)c2ccccc21. The van der Waals surface area contributed by atoms with Crippen molar-refractivity contribution in [3.05, 3.63) is 59.2 Å². The number of rotatable bonds is 3. The summed E-state index contributed by atoms with van der Waals surface area (Å²) in [6, 6.07) is 15.3. The van der Waals surface area contributed by atoms with Crippen LogP contribution in [0.15, 0.2) is 42.5 Å². The van der Waals surface area contributed by atoms with Gasteiger partial charge in [0, 0.05) is 18.2 Å². The van der Waals surface area contributed by atoms with Crippen LogP contribution in [0.3, 0.4) is 0 Å². The van der Waals surface area contributed by atoms with Gasteiger partial charge in [0.25, 0.3) is 0 Å². The van der Waals surface area contributed by atoms with Crippen LogP contribution in [0.5, 0.6) is 11.5 Å². The zero-order chi connectivity index (χ0) is 15.9. The summed E-state index contributed by atoms with van der Waals surface area (Å²) in [6.07, 6.45) is 2.37. The third kappa shape index (κ3) is 2.59. The van der Waals surface area contributed by atoms with Gasteiger partial charge in [0.1, 0.15) is 0 Å². The molecule has 120 valence electrons. The lowest BCUT2D eigenvalue weighted by molar-refractivity contribution is 0.173. The fourth-order valence-electron chi connectivity index (χ4n) is 3.79. The molecule has 0 amide bonds. The van der Waals surface area contributed by atoms with Crippen LogP contribution < -0.4 is 14.8 Å². The first-order chi connectivity index (χ1) is 11.1. The Balaban J connectivity index is 1.56. The molecule has 0 bridgehead atoms. The van der Waals surface area contributed by atoms with E-state index in [2.05, 4.69) is 49.5 Å². The Kier molecular flexibility index (Phi) is 3.53. The normalized spacial score (nSPS) is 21.0. The minimum Gasteiger partial charge on any atom is -0.454 e. The maximum Gasteiger partial charge on any atom is 0.231 e. The van der Waals surface area contributed by atoms with E-state index in [1.807, 2.05) is 12.1 Å². The van der Waals surface area contributed by atoms with E-state index in [4.69, 9.17) is 9.47 Å². The predicted molar refractivity (Wildman–Crippen MR) is 90.8 cm³/mol. The van der Waals surface area contributed by atoms with Crippen LogP contribution in [0, 0.1) is 0 Å². The molecular weight excluding hydrogens is 286 g/mol. The Morgan fingerprint density at radius 3 is 2.87 bits per heavy atom. The molecule has 0 spiro atoms. The van der Waals surface area contributed by atoms with E-state index in [-0.39, 0.29) is 5.41 Å². The highest BCUT2D eigenvalue weighted by Gasteiger charge is 2.32. The van der Waals surface area contributed by atoms with Crippen molar-refractivity contribution < 1.29 is 9.47 Å². The van der Waals surface area contributed by atoms with Crippen LogP contribution in [-0.4, -0.2) is 6.79 Å². The summed E-state index contributed by atoms with van der Waals surface area (Å²) in [5.74, 6) is 1.75. The molecule has 1 aliphatic carbocycles. The van der Waals surface area contributed by atoms with Gasteiger partial charge in [-0.2, -0.15) is 0 Å². The molecule has 0 fully saturated rings. The van der Waals surface area contributed by atoms with E-state index in [1.165, 1.54) is 23.1 Å². The van der Waals surface area contributed by atoms with Gasteiger partial charge in [-0.15, -0.1) is 0 Å². The average molecular weight is 309 g/mol. The van der Waals surface area contributed by atoms with Gasteiger partial charge in [-0.3, -0.25) is 0 Å². The third-order valence-electron chi connectivity index (χ3n) is 5.14. The van der Waals surface area contributed by atoms with Gasteiger partial charge >= 0.3 is 0 Å². The van der Waals surface area contributed by atoms with E-state index < -0.39 is 0 Å². The van der Waals surface area contributed by atoms with Crippen molar-refractivity contribution in [1.29, 1.82) is 0 Å². The van der Waals surface area contributed by atoms with E-state index >= 15 is 0 Å². The Morgan fingerprint density at radius 2 is 1.96 bits per heavy atom. The van der Waals surface area contributed by atoms with Gasteiger partial charge in [0.05, 0.1) is 0 Å². The highest BCUT2D eigenvalue weighted by Crippen LogP contribution is 2.42. The molecule has 1 N–H and O–H groups in total. The lowest BCUT2D eigenvalue weighted by atomic mass is 9.71. The molecule has 0 saturated carbocycles. The Labute approximate surface area is 137 Å². The molecule has 2 aliphatic rings. The molecule has 0 saturated heterocycles. The zero-order valence-electron chi connectivity index (χ0n) is 13.8. The standard InChI is InChI=1S/C20H23NO2/c1-20(2)11-10-17(15-7-3-4-8-16(15)20)21-12-14-6-5-9-18-19(14)23-13-22-18/h3-9,17,21H,10-13H2,1-2H3/t17-/m1/s1. The van der Waals surface area contributed by atoms with E-state index in [1.54, 1.807) is 0 Å². The van der Waals surface area contributed by atoms with Crippen molar-refractivity contribution in [3.8, 4) is 11.5 Å². The number of nitrogens with one attached hydrogen (secondary N) is 1. The topological polar surface area (TPSA) is 30.5 Å². The molecule has 1 atom stereocenters. The summed E-state index contributed by atoms with van der Waals surface area (Å²) in [6.45, 7) is 5.81. The van der Waals surface area contributed by atoms with Crippen molar-refractivity contribution in [2.75, 3.05) is 6.79 Å². The minimum absolute atomic E-state index is 0.264. The van der Waals surface area contributed by atoms with Crippen molar-refractivity contribution in [3.63, 3.8) is 0 Å². The predicted octanol–water partition coefficient (Wildman–Crippen LogP) is 4.32. The van der Waals surface area contributed by atoms with Crippen LogP contribution in [0.2, 0.25) is 0 Å². The molecule has 2 aromatic rings. The van der Waals surface area contributed by atoms with E-state index in [9.17, 15) is 0 Å². The van der Waals surface area contributed by atoms with E-state index in [0.717, 1.165) is 24.5 Å². The molecule has 3 heteroatoms. The van der Waals surface area contributed by atoms with Gasteiger partial charge in [0.15, 0.2) is 11.5 Å². The fourth-order valence-corrected chi connectivity index (χ4v) is 3.79. The second kappa shape index (κ2) is 5.57. The summed E-state index contributed by atoms with van der Waals surface area (Å²) in [5.41, 5.74) is 4.34. The summed E-state index contributed by atoms with van der Waals surface area (Å²) in [4.78, 5) is 0. The summed E-state index contributed by atoms with van der Waals surface area (Å²) >= 11 is 0. The maximum absolute atomic E-state index is 5.61. The van der Waals surface area contributed by atoms with Gasteiger partial charge in [0.2, 0.25) is 6.79 Å². The van der Waals surface area contributed by atoms with Crippen LogP contribution in [-0.2, 0) is 12.0 Å². The second-order valence-electron chi connectivity index (χ2n) is 7.09. The maximum atomic E-state index is 5.61. The first kappa shape index (κ1) is 14.6. The first-order valence-electron chi connectivity index (χ1n) is 8.35. The molecule has 23 heavy (non-hydrogen) atoms. The monoisotopic (exact) mass is 309 g/mol. The number of para-hydroxylation sites is 1. The summed E-state index contributed by atoms with van der Waals surface area (Å²) < 4.78 is 11.1. The lowest BCUT2D eigenvalue weighted by Crippen LogP contribution is -2.32. The molecule has 4 rings (SSSR count). The molecule has 0 unspecified atom stereocenters. The second-order valence-corrected chi connectivity index (χ2v) is 7.09. The Hall–Kier alpha value is -2.00. The number of benzene rings is 2. The molecular formula is C20H23NO2. The summed E-state index contributed by atoms with van der Waals surface area (Å²) in [5, 5.41) is 3.73. The molecule has 1 aliphatic heterocycles. The van der Waals surface area contributed by atoms with Crippen molar-refractivity contribution >= 4 is 0 Å². The number of ether oxygens (including phenoxy) is 2. The van der Waals surface area contributed by atoms with Crippen LogP contribution in [0.1, 0.15) is 49.4 Å². The molecule has 3 nitrogen and oxygen atoms in total. The molecule has 1 heterocycles. The Morgan fingerprint density at radius 1 is 1.09 bits per heavy atom. The fraction of sp³-hybridized carbons (Fsp3) is 0.400. The highest BCUT2D eigenvalue weighted by atomic mass is 16.7. The minimum atomic E-state index is 0.264. The number of hydrogen-bond acceptors (Lipinski definition) is 3.